The Balaban J connectivity index is 2.13. The van der Waals surface area contributed by atoms with Crippen molar-refractivity contribution >= 4 is 15.9 Å². The van der Waals surface area contributed by atoms with Crippen LogP contribution in [0.5, 0.6) is 0 Å². The number of nitrogens with two attached hydrogens (primary N) is 1. The number of halogens is 1. The molecular weight excluding hydrogens is 266 g/mol. The molecule has 1 atom stereocenters. The molecule has 0 spiro atoms. The van der Waals surface area contributed by atoms with E-state index in [1.807, 2.05) is 6.07 Å². The summed E-state index contributed by atoms with van der Waals surface area (Å²) in [7, 11) is 0. The average molecular weight is 284 g/mol. The van der Waals surface area contributed by atoms with Crippen LogP contribution in [-0.2, 0) is 4.74 Å². The first-order valence-corrected chi connectivity index (χ1v) is 6.46. The van der Waals surface area contributed by atoms with Crippen LogP contribution in [0.1, 0.15) is 24.8 Å². The first-order valence-electron chi connectivity index (χ1n) is 5.67. The highest BCUT2D eigenvalue weighted by atomic mass is 79.9. The molecule has 1 aromatic rings. The smallest absolute Gasteiger partial charge is 0.0542 e. The maximum absolute atomic E-state index is 5.90. The summed E-state index contributed by atoms with van der Waals surface area (Å²) < 4.78 is 6.46. The molecule has 2 rings (SSSR count). The molecule has 0 saturated carbocycles. The van der Waals surface area contributed by atoms with E-state index in [0.29, 0.717) is 17.9 Å². The van der Waals surface area contributed by atoms with Gasteiger partial charge in [-0.1, -0.05) is 41.1 Å². The summed E-state index contributed by atoms with van der Waals surface area (Å²) in [6, 6.07) is 8.35. The van der Waals surface area contributed by atoms with Gasteiger partial charge in [0.15, 0.2) is 0 Å². The van der Waals surface area contributed by atoms with E-state index in [-0.39, 0.29) is 0 Å². The fourth-order valence-electron chi connectivity index (χ4n) is 2.29. The molecule has 1 fully saturated rings. The van der Waals surface area contributed by atoms with Crippen LogP contribution in [0.2, 0.25) is 0 Å². The summed E-state index contributed by atoms with van der Waals surface area (Å²) in [5.74, 6) is 0.421. The van der Waals surface area contributed by atoms with E-state index in [0.717, 1.165) is 24.1 Å². The van der Waals surface area contributed by atoms with Crippen LogP contribution in [-0.4, -0.2) is 19.8 Å². The minimum absolute atomic E-state index is 0.319. The van der Waals surface area contributed by atoms with Crippen molar-refractivity contribution in [3.8, 4) is 0 Å². The topological polar surface area (TPSA) is 35.2 Å². The highest BCUT2D eigenvalue weighted by Crippen LogP contribution is 2.38. The van der Waals surface area contributed by atoms with E-state index < -0.39 is 0 Å². The standard InChI is InChI=1S/C13H18BrNO/c1-13(8-16-9-13)6-10(7-15)11-4-2-3-5-12(11)14/h2-5,10H,6-9,15H2,1H3. The number of rotatable bonds is 4. The van der Waals surface area contributed by atoms with Gasteiger partial charge in [0.2, 0.25) is 0 Å². The Kier molecular flexibility index (Phi) is 3.67. The van der Waals surface area contributed by atoms with E-state index >= 15 is 0 Å². The number of hydrogen-bond acceptors (Lipinski definition) is 2. The lowest BCUT2D eigenvalue weighted by Gasteiger charge is -2.40. The van der Waals surface area contributed by atoms with Gasteiger partial charge in [0.1, 0.15) is 0 Å². The van der Waals surface area contributed by atoms with Crippen molar-refractivity contribution < 1.29 is 4.74 Å². The second-order valence-electron chi connectivity index (χ2n) is 4.96. The van der Waals surface area contributed by atoms with Crippen LogP contribution in [0.4, 0.5) is 0 Å². The molecular formula is C13H18BrNO. The Labute approximate surface area is 105 Å². The number of hydrogen-bond donors (Lipinski definition) is 1. The highest BCUT2D eigenvalue weighted by Gasteiger charge is 2.36. The van der Waals surface area contributed by atoms with Gasteiger partial charge >= 0.3 is 0 Å². The maximum Gasteiger partial charge on any atom is 0.0542 e. The van der Waals surface area contributed by atoms with Crippen LogP contribution in [0.15, 0.2) is 28.7 Å². The summed E-state index contributed by atoms with van der Waals surface area (Å²) in [6.45, 7) is 4.70. The lowest BCUT2D eigenvalue weighted by Crippen LogP contribution is -2.41. The summed E-state index contributed by atoms with van der Waals surface area (Å²) >= 11 is 3.60. The van der Waals surface area contributed by atoms with Gasteiger partial charge in [0, 0.05) is 9.89 Å². The molecule has 0 radical (unpaired) electrons. The second-order valence-corrected chi connectivity index (χ2v) is 5.82. The molecule has 0 amide bonds. The molecule has 1 heterocycles. The summed E-state index contributed by atoms with van der Waals surface area (Å²) in [5, 5.41) is 0. The number of benzene rings is 1. The monoisotopic (exact) mass is 283 g/mol. The predicted molar refractivity (Wildman–Crippen MR) is 69.5 cm³/mol. The number of ether oxygens (including phenoxy) is 1. The molecule has 0 bridgehead atoms. The molecule has 0 aliphatic carbocycles. The van der Waals surface area contributed by atoms with E-state index in [9.17, 15) is 0 Å². The molecule has 3 heteroatoms. The fraction of sp³-hybridized carbons (Fsp3) is 0.538. The lowest BCUT2D eigenvalue weighted by molar-refractivity contribution is -0.108. The fourth-order valence-corrected chi connectivity index (χ4v) is 2.90. The van der Waals surface area contributed by atoms with Crippen molar-refractivity contribution in [1.82, 2.24) is 0 Å². The Morgan fingerprint density at radius 3 is 2.62 bits per heavy atom. The van der Waals surface area contributed by atoms with Gasteiger partial charge in [-0.05, 0) is 30.5 Å². The lowest BCUT2D eigenvalue weighted by atomic mass is 9.77. The van der Waals surface area contributed by atoms with Crippen LogP contribution >= 0.6 is 15.9 Å². The Morgan fingerprint density at radius 1 is 1.44 bits per heavy atom. The molecule has 1 saturated heterocycles. The van der Waals surface area contributed by atoms with Gasteiger partial charge in [-0.25, -0.2) is 0 Å². The molecule has 0 aromatic heterocycles. The molecule has 1 unspecified atom stereocenters. The molecule has 1 aliphatic rings. The molecule has 16 heavy (non-hydrogen) atoms. The van der Waals surface area contributed by atoms with Crippen LogP contribution in [0.3, 0.4) is 0 Å². The Morgan fingerprint density at radius 2 is 2.12 bits per heavy atom. The van der Waals surface area contributed by atoms with Crippen molar-refractivity contribution in [2.45, 2.75) is 19.3 Å². The van der Waals surface area contributed by atoms with Crippen molar-refractivity contribution in [3.05, 3.63) is 34.3 Å². The average Bonchev–Trinajstić information content (AvgIpc) is 2.25. The minimum Gasteiger partial charge on any atom is -0.380 e. The Hall–Kier alpha value is -0.380. The van der Waals surface area contributed by atoms with Crippen LogP contribution in [0.25, 0.3) is 0 Å². The normalized spacial score (nSPS) is 20.2. The quantitative estimate of drug-likeness (QED) is 0.922. The third kappa shape index (κ3) is 2.47. The molecule has 1 aromatic carbocycles. The van der Waals surface area contributed by atoms with Crippen molar-refractivity contribution in [1.29, 1.82) is 0 Å². The maximum atomic E-state index is 5.90. The van der Waals surface area contributed by atoms with Gasteiger partial charge in [-0.15, -0.1) is 0 Å². The van der Waals surface area contributed by atoms with Gasteiger partial charge in [-0.3, -0.25) is 0 Å². The Bertz CT molecular complexity index is 363. The first-order chi connectivity index (χ1) is 7.64. The zero-order valence-electron chi connectivity index (χ0n) is 9.58. The second kappa shape index (κ2) is 4.86. The van der Waals surface area contributed by atoms with Gasteiger partial charge in [0.25, 0.3) is 0 Å². The molecule has 88 valence electrons. The SMILES string of the molecule is CC1(CC(CN)c2ccccc2Br)COC1. The van der Waals surface area contributed by atoms with Crippen LogP contribution < -0.4 is 5.73 Å². The molecule has 2 N–H and O–H groups in total. The zero-order valence-corrected chi connectivity index (χ0v) is 11.2. The third-order valence-electron chi connectivity index (χ3n) is 3.27. The predicted octanol–water partition coefficient (Wildman–Crippen LogP) is 2.92. The molecule has 2 nitrogen and oxygen atoms in total. The summed E-state index contributed by atoms with van der Waals surface area (Å²) in [5.41, 5.74) is 7.53. The van der Waals surface area contributed by atoms with Gasteiger partial charge in [0.05, 0.1) is 13.2 Å². The van der Waals surface area contributed by atoms with Gasteiger partial charge in [-0.2, -0.15) is 0 Å². The van der Waals surface area contributed by atoms with E-state index in [1.165, 1.54) is 5.56 Å². The zero-order chi connectivity index (χ0) is 11.6. The highest BCUT2D eigenvalue weighted by molar-refractivity contribution is 9.10. The molecule has 1 aliphatic heterocycles. The minimum atomic E-state index is 0.319. The van der Waals surface area contributed by atoms with Crippen molar-refractivity contribution in [3.63, 3.8) is 0 Å². The first kappa shape index (κ1) is 12.1. The van der Waals surface area contributed by atoms with Crippen molar-refractivity contribution in [2.75, 3.05) is 19.8 Å². The van der Waals surface area contributed by atoms with E-state index in [1.54, 1.807) is 0 Å². The third-order valence-corrected chi connectivity index (χ3v) is 3.99. The summed E-state index contributed by atoms with van der Waals surface area (Å²) in [4.78, 5) is 0. The van der Waals surface area contributed by atoms with E-state index in [4.69, 9.17) is 10.5 Å². The van der Waals surface area contributed by atoms with Gasteiger partial charge < -0.3 is 10.5 Å². The van der Waals surface area contributed by atoms with Crippen molar-refractivity contribution in [2.24, 2.45) is 11.1 Å². The largest absolute Gasteiger partial charge is 0.380 e. The van der Waals surface area contributed by atoms with Crippen LogP contribution in [0, 0.1) is 5.41 Å². The van der Waals surface area contributed by atoms with E-state index in [2.05, 4.69) is 41.1 Å². The summed E-state index contributed by atoms with van der Waals surface area (Å²) in [6.07, 6.45) is 1.10.